The van der Waals surface area contributed by atoms with E-state index in [1.165, 1.54) is 6.07 Å². The molecule has 104 valence electrons. The molecule has 1 atom stereocenters. The van der Waals surface area contributed by atoms with Crippen LogP contribution >= 0.6 is 11.6 Å². The van der Waals surface area contributed by atoms with Gasteiger partial charge in [-0.2, -0.15) is 0 Å². The molecule has 7 heteroatoms. The van der Waals surface area contributed by atoms with Gasteiger partial charge >= 0.3 is 12.0 Å². The molecule has 0 unspecified atom stereocenters. The van der Waals surface area contributed by atoms with Crippen LogP contribution in [0.5, 0.6) is 0 Å². The number of carboxylic acid groups (broad SMARTS) is 1. The molecule has 0 aromatic heterocycles. The molecule has 0 aliphatic heterocycles. The van der Waals surface area contributed by atoms with E-state index in [4.69, 9.17) is 16.7 Å². The SMILES string of the molecule is CC(C)[C@@H](NC(=O)Nc1ccc(F)cc1Cl)C(=O)O. The van der Waals surface area contributed by atoms with Crippen LogP contribution in [0.2, 0.25) is 5.02 Å². The summed E-state index contributed by atoms with van der Waals surface area (Å²) in [6, 6.07) is 1.75. The minimum absolute atomic E-state index is 0.0339. The number of urea groups is 1. The van der Waals surface area contributed by atoms with E-state index in [-0.39, 0.29) is 16.6 Å². The van der Waals surface area contributed by atoms with E-state index in [9.17, 15) is 14.0 Å². The molecule has 0 saturated carbocycles. The van der Waals surface area contributed by atoms with Crippen LogP contribution in [0.15, 0.2) is 18.2 Å². The van der Waals surface area contributed by atoms with Crippen molar-refractivity contribution in [3.05, 3.63) is 29.0 Å². The molecule has 0 aliphatic carbocycles. The molecule has 0 radical (unpaired) electrons. The summed E-state index contributed by atoms with van der Waals surface area (Å²) in [5.74, 6) is -1.93. The number of benzene rings is 1. The van der Waals surface area contributed by atoms with E-state index in [0.717, 1.165) is 12.1 Å². The Bertz CT molecular complexity index is 494. The third-order valence-corrected chi connectivity index (χ3v) is 2.71. The van der Waals surface area contributed by atoms with Gasteiger partial charge in [-0.3, -0.25) is 0 Å². The minimum atomic E-state index is -1.13. The summed E-state index contributed by atoms with van der Waals surface area (Å²) in [5.41, 5.74) is 0.202. The van der Waals surface area contributed by atoms with Crippen LogP contribution in [0.25, 0.3) is 0 Å². The standard InChI is InChI=1S/C12H14ClFN2O3/c1-6(2)10(11(17)18)16-12(19)15-9-4-3-7(14)5-8(9)13/h3-6,10H,1-2H3,(H,17,18)(H2,15,16,19)/t10-/m1/s1. The minimum Gasteiger partial charge on any atom is -0.480 e. The maximum Gasteiger partial charge on any atom is 0.326 e. The molecule has 2 amide bonds. The lowest BCUT2D eigenvalue weighted by atomic mass is 10.1. The Balaban J connectivity index is 2.72. The van der Waals surface area contributed by atoms with E-state index in [1.807, 2.05) is 0 Å². The Labute approximate surface area is 114 Å². The fraction of sp³-hybridized carbons (Fsp3) is 0.333. The number of hydrogen-bond acceptors (Lipinski definition) is 2. The fourth-order valence-corrected chi connectivity index (χ4v) is 1.62. The lowest BCUT2D eigenvalue weighted by Gasteiger charge is -2.18. The van der Waals surface area contributed by atoms with Crippen LogP contribution in [-0.4, -0.2) is 23.1 Å². The first-order chi connectivity index (χ1) is 8.81. The zero-order chi connectivity index (χ0) is 14.6. The van der Waals surface area contributed by atoms with Gasteiger partial charge in [0.05, 0.1) is 10.7 Å². The highest BCUT2D eigenvalue weighted by Gasteiger charge is 2.23. The molecule has 0 heterocycles. The predicted octanol–water partition coefficient (Wildman–Crippen LogP) is 2.71. The van der Waals surface area contributed by atoms with Gasteiger partial charge in [0, 0.05) is 0 Å². The summed E-state index contributed by atoms with van der Waals surface area (Å²) in [7, 11) is 0. The quantitative estimate of drug-likeness (QED) is 0.797. The number of hydrogen-bond donors (Lipinski definition) is 3. The summed E-state index contributed by atoms with van der Waals surface area (Å²) in [5, 5.41) is 13.6. The first kappa shape index (κ1) is 15.2. The number of carboxylic acids is 1. The Kier molecular flexibility index (Phi) is 5.11. The summed E-state index contributed by atoms with van der Waals surface area (Å²) in [6.07, 6.45) is 0. The second-order valence-electron chi connectivity index (χ2n) is 4.28. The zero-order valence-electron chi connectivity index (χ0n) is 10.4. The zero-order valence-corrected chi connectivity index (χ0v) is 11.2. The molecule has 0 spiro atoms. The highest BCUT2D eigenvalue weighted by Crippen LogP contribution is 2.22. The number of amides is 2. The van der Waals surface area contributed by atoms with Crippen molar-refractivity contribution < 1.29 is 19.1 Å². The number of nitrogens with one attached hydrogen (secondary N) is 2. The molecule has 1 rings (SSSR count). The van der Waals surface area contributed by atoms with Crippen LogP contribution in [0.1, 0.15) is 13.8 Å². The van der Waals surface area contributed by atoms with Crippen molar-refractivity contribution in [3.63, 3.8) is 0 Å². The highest BCUT2D eigenvalue weighted by molar-refractivity contribution is 6.33. The van der Waals surface area contributed by atoms with Crippen LogP contribution in [0, 0.1) is 11.7 Å². The Morgan fingerprint density at radius 1 is 1.37 bits per heavy atom. The second-order valence-corrected chi connectivity index (χ2v) is 4.69. The van der Waals surface area contributed by atoms with Crippen molar-refractivity contribution in [2.45, 2.75) is 19.9 Å². The third-order valence-electron chi connectivity index (χ3n) is 2.40. The van der Waals surface area contributed by atoms with Gasteiger partial charge in [-0.1, -0.05) is 25.4 Å². The molecule has 1 aromatic carbocycles. The summed E-state index contributed by atoms with van der Waals surface area (Å²) < 4.78 is 12.8. The van der Waals surface area contributed by atoms with Crippen LogP contribution in [0.3, 0.4) is 0 Å². The lowest BCUT2D eigenvalue weighted by molar-refractivity contribution is -0.140. The molecule has 3 N–H and O–H groups in total. The van der Waals surface area contributed by atoms with Gasteiger partial charge in [0.15, 0.2) is 0 Å². The smallest absolute Gasteiger partial charge is 0.326 e. The van der Waals surface area contributed by atoms with Crippen molar-refractivity contribution in [1.29, 1.82) is 0 Å². The van der Waals surface area contributed by atoms with Gasteiger partial charge in [0.2, 0.25) is 0 Å². The third kappa shape index (κ3) is 4.40. The average Bonchev–Trinajstić information content (AvgIpc) is 2.29. The number of halogens is 2. The van der Waals surface area contributed by atoms with Gasteiger partial charge in [-0.15, -0.1) is 0 Å². The van der Waals surface area contributed by atoms with Crippen LogP contribution in [0.4, 0.5) is 14.9 Å². The van der Waals surface area contributed by atoms with E-state index in [0.29, 0.717) is 0 Å². The van der Waals surface area contributed by atoms with Crippen molar-refractivity contribution >= 4 is 29.3 Å². The van der Waals surface area contributed by atoms with Gasteiger partial charge in [0.1, 0.15) is 11.9 Å². The summed E-state index contributed by atoms with van der Waals surface area (Å²) in [6.45, 7) is 3.34. The Hall–Kier alpha value is -1.82. The first-order valence-electron chi connectivity index (χ1n) is 5.56. The molecule has 19 heavy (non-hydrogen) atoms. The van der Waals surface area contributed by atoms with Crippen molar-refractivity contribution in [2.75, 3.05) is 5.32 Å². The monoisotopic (exact) mass is 288 g/mol. The number of carbonyl (C=O) groups is 2. The maximum absolute atomic E-state index is 12.8. The van der Waals surface area contributed by atoms with Gasteiger partial charge < -0.3 is 15.7 Å². The highest BCUT2D eigenvalue weighted by atomic mass is 35.5. The number of aliphatic carboxylic acids is 1. The van der Waals surface area contributed by atoms with Crippen LogP contribution in [-0.2, 0) is 4.79 Å². The van der Waals surface area contributed by atoms with Crippen molar-refractivity contribution in [3.8, 4) is 0 Å². The average molecular weight is 289 g/mol. The van der Waals surface area contributed by atoms with E-state index < -0.39 is 23.9 Å². The second kappa shape index (κ2) is 6.38. The molecule has 5 nitrogen and oxygen atoms in total. The summed E-state index contributed by atoms with van der Waals surface area (Å²) in [4.78, 5) is 22.6. The van der Waals surface area contributed by atoms with Gasteiger partial charge in [-0.05, 0) is 24.1 Å². The number of anilines is 1. The maximum atomic E-state index is 12.8. The number of carbonyl (C=O) groups excluding carboxylic acids is 1. The Morgan fingerprint density at radius 3 is 2.47 bits per heavy atom. The van der Waals surface area contributed by atoms with E-state index >= 15 is 0 Å². The van der Waals surface area contributed by atoms with Crippen molar-refractivity contribution in [2.24, 2.45) is 5.92 Å². The number of rotatable bonds is 4. The lowest BCUT2D eigenvalue weighted by Crippen LogP contribution is -2.46. The molecule has 0 fully saturated rings. The molecule has 0 saturated heterocycles. The molecule has 0 aliphatic rings. The predicted molar refractivity (Wildman–Crippen MR) is 69.8 cm³/mol. The molecular weight excluding hydrogens is 275 g/mol. The van der Waals surface area contributed by atoms with Gasteiger partial charge in [0.25, 0.3) is 0 Å². The topological polar surface area (TPSA) is 78.4 Å². The van der Waals surface area contributed by atoms with E-state index in [1.54, 1.807) is 13.8 Å². The normalized spacial score (nSPS) is 12.1. The molecule has 0 bridgehead atoms. The van der Waals surface area contributed by atoms with E-state index in [2.05, 4.69) is 10.6 Å². The summed E-state index contributed by atoms with van der Waals surface area (Å²) >= 11 is 5.74. The Morgan fingerprint density at radius 2 is 2.00 bits per heavy atom. The van der Waals surface area contributed by atoms with Crippen LogP contribution < -0.4 is 10.6 Å². The van der Waals surface area contributed by atoms with Gasteiger partial charge in [-0.25, -0.2) is 14.0 Å². The first-order valence-corrected chi connectivity index (χ1v) is 5.94. The van der Waals surface area contributed by atoms with Crippen molar-refractivity contribution in [1.82, 2.24) is 5.32 Å². The molecule has 1 aromatic rings. The fourth-order valence-electron chi connectivity index (χ4n) is 1.40. The largest absolute Gasteiger partial charge is 0.480 e. The molecular formula is C12H14ClFN2O3.